The number of nitro groups is 1. The maximum absolute atomic E-state index is 10.8. The Morgan fingerprint density at radius 1 is 1.29 bits per heavy atom. The monoisotopic (exact) mass is 287 g/mol. The van der Waals surface area contributed by atoms with Crippen LogP contribution in [0.25, 0.3) is 0 Å². The van der Waals surface area contributed by atoms with Crippen LogP contribution in [0, 0.1) is 10.1 Å². The Kier molecular flexibility index (Phi) is 5.22. The van der Waals surface area contributed by atoms with Crippen LogP contribution in [0.4, 0.5) is 5.69 Å². The minimum Gasteiger partial charge on any atom is -0.493 e. The molecular formula is C15H17N3O3. The Labute approximate surface area is 122 Å². The maximum atomic E-state index is 10.8. The lowest BCUT2D eigenvalue weighted by Crippen LogP contribution is -2.09. The largest absolute Gasteiger partial charge is 0.493 e. The molecule has 0 aliphatic carbocycles. The molecule has 2 aromatic rings. The van der Waals surface area contributed by atoms with Gasteiger partial charge in [0.1, 0.15) is 5.75 Å². The number of rotatable bonds is 7. The van der Waals surface area contributed by atoms with Crippen molar-refractivity contribution in [2.24, 2.45) is 0 Å². The topological polar surface area (TPSA) is 77.3 Å². The molecule has 0 atom stereocenters. The molecule has 2 rings (SSSR count). The lowest BCUT2D eigenvalue weighted by molar-refractivity contribution is -0.384. The summed E-state index contributed by atoms with van der Waals surface area (Å²) in [5.41, 5.74) is 1.99. The average molecular weight is 287 g/mol. The van der Waals surface area contributed by atoms with Crippen molar-refractivity contribution in [2.45, 2.75) is 13.0 Å². The molecule has 6 nitrogen and oxygen atoms in total. The van der Waals surface area contributed by atoms with E-state index >= 15 is 0 Å². The third-order valence-electron chi connectivity index (χ3n) is 3.02. The predicted molar refractivity (Wildman–Crippen MR) is 79.3 cm³/mol. The summed E-state index contributed by atoms with van der Waals surface area (Å²) in [5.74, 6) is 0.670. The van der Waals surface area contributed by atoms with Gasteiger partial charge in [0.15, 0.2) is 0 Å². The summed E-state index contributed by atoms with van der Waals surface area (Å²) in [4.78, 5) is 14.4. The van der Waals surface area contributed by atoms with Crippen LogP contribution in [0.15, 0.2) is 42.7 Å². The number of hydrogen-bond acceptors (Lipinski definition) is 5. The summed E-state index contributed by atoms with van der Waals surface area (Å²) >= 11 is 0. The van der Waals surface area contributed by atoms with E-state index in [1.165, 1.54) is 12.1 Å². The zero-order chi connectivity index (χ0) is 15.1. The van der Waals surface area contributed by atoms with Crippen molar-refractivity contribution in [3.63, 3.8) is 0 Å². The number of non-ortho nitro benzene ring substituents is 1. The fourth-order valence-corrected chi connectivity index (χ4v) is 1.98. The van der Waals surface area contributed by atoms with Crippen molar-refractivity contribution < 1.29 is 9.66 Å². The van der Waals surface area contributed by atoms with Crippen molar-refractivity contribution in [3.8, 4) is 5.75 Å². The highest BCUT2D eigenvalue weighted by molar-refractivity contribution is 5.43. The Hall–Kier alpha value is -2.47. The van der Waals surface area contributed by atoms with Gasteiger partial charge >= 0.3 is 0 Å². The summed E-state index contributed by atoms with van der Waals surface area (Å²) in [5, 5.41) is 13.8. The van der Waals surface area contributed by atoms with Gasteiger partial charge in [0.05, 0.1) is 11.5 Å². The lowest BCUT2D eigenvalue weighted by Gasteiger charge is -2.11. The highest BCUT2D eigenvalue weighted by Gasteiger charge is 2.11. The van der Waals surface area contributed by atoms with E-state index < -0.39 is 4.92 Å². The third-order valence-corrected chi connectivity index (χ3v) is 3.02. The van der Waals surface area contributed by atoms with Gasteiger partial charge in [-0.3, -0.25) is 15.1 Å². The van der Waals surface area contributed by atoms with Gasteiger partial charge in [0, 0.05) is 43.1 Å². The second kappa shape index (κ2) is 7.35. The summed E-state index contributed by atoms with van der Waals surface area (Å²) < 4.78 is 5.75. The molecule has 1 heterocycles. The zero-order valence-corrected chi connectivity index (χ0v) is 11.8. The predicted octanol–water partition coefficient (Wildman–Crippen LogP) is 2.33. The molecule has 1 aromatic heterocycles. The summed E-state index contributed by atoms with van der Waals surface area (Å²) in [6, 6.07) is 8.53. The van der Waals surface area contributed by atoms with Gasteiger partial charge in [0.25, 0.3) is 5.69 Å². The van der Waals surface area contributed by atoms with Crippen molar-refractivity contribution in [3.05, 3.63) is 64.0 Å². The Bertz CT molecular complexity index is 602. The Balaban J connectivity index is 2.03. The van der Waals surface area contributed by atoms with Gasteiger partial charge in [-0.05, 0) is 30.8 Å². The number of nitrogens with one attached hydrogen (secondary N) is 1. The second-order valence-corrected chi connectivity index (χ2v) is 4.53. The zero-order valence-electron chi connectivity index (χ0n) is 11.8. The van der Waals surface area contributed by atoms with Crippen LogP contribution in [0.1, 0.15) is 11.1 Å². The van der Waals surface area contributed by atoms with Gasteiger partial charge in [-0.1, -0.05) is 0 Å². The van der Waals surface area contributed by atoms with Gasteiger partial charge in [-0.2, -0.15) is 0 Å². The molecule has 21 heavy (non-hydrogen) atoms. The van der Waals surface area contributed by atoms with E-state index in [9.17, 15) is 10.1 Å². The maximum Gasteiger partial charge on any atom is 0.270 e. The van der Waals surface area contributed by atoms with E-state index in [0.717, 1.165) is 17.5 Å². The highest BCUT2D eigenvalue weighted by Crippen LogP contribution is 2.24. The van der Waals surface area contributed by atoms with Crippen LogP contribution in [0.3, 0.4) is 0 Å². The van der Waals surface area contributed by atoms with Crippen LogP contribution in [0.5, 0.6) is 5.75 Å². The normalized spacial score (nSPS) is 10.3. The van der Waals surface area contributed by atoms with Gasteiger partial charge in [-0.15, -0.1) is 0 Å². The first-order valence-corrected chi connectivity index (χ1v) is 6.64. The molecule has 0 bridgehead atoms. The molecule has 0 amide bonds. The molecule has 110 valence electrons. The molecule has 0 fully saturated rings. The molecule has 0 radical (unpaired) electrons. The van der Waals surface area contributed by atoms with Crippen molar-refractivity contribution >= 4 is 5.69 Å². The molecule has 0 saturated carbocycles. The van der Waals surface area contributed by atoms with Crippen molar-refractivity contribution in [1.82, 2.24) is 10.3 Å². The van der Waals surface area contributed by atoms with Crippen molar-refractivity contribution in [2.75, 3.05) is 13.7 Å². The van der Waals surface area contributed by atoms with E-state index in [-0.39, 0.29) is 5.69 Å². The Morgan fingerprint density at radius 2 is 2.05 bits per heavy atom. The highest BCUT2D eigenvalue weighted by atomic mass is 16.6. The quantitative estimate of drug-likeness (QED) is 0.624. The fourth-order valence-electron chi connectivity index (χ4n) is 1.98. The Morgan fingerprint density at radius 3 is 2.71 bits per heavy atom. The second-order valence-electron chi connectivity index (χ2n) is 4.53. The number of pyridine rings is 1. The van der Waals surface area contributed by atoms with Crippen LogP contribution in [-0.2, 0) is 13.0 Å². The van der Waals surface area contributed by atoms with Gasteiger partial charge < -0.3 is 10.1 Å². The third kappa shape index (κ3) is 4.25. The average Bonchev–Trinajstić information content (AvgIpc) is 2.50. The van der Waals surface area contributed by atoms with Crippen molar-refractivity contribution in [1.29, 1.82) is 0 Å². The van der Waals surface area contributed by atoms with Crippen LogP contribution < -0.4 is 10.1 Å². The molecule has 0 unspecified atom stereocenters. The number of aromatic nitrogens is 1. The van der Waals surface area contributed by atoms with E-state index in [0.29, 0.717) is 18.9 Å². The molecule has 1 N–H and O–H groups in total. The molecule has 0 aliphatic rings. The summed E-state index contributed by atoms with van der Waals surface area (Å²) in [6.45, 7) is 1.03. The number of benzene rings is 1. The van der Waals surface area contributed by atoms with Crippen LogP contribution in [0.2, 0.25) is 0 Å². The minimum absolute atomic E-state index is 0.0710. The van der Waals surface area contributed by atoms with Gasteiger partial charge in [0.2, 0.25) is 0 Å². The molecule has 0 saturated heterocycles. The minimum atomic E-state index is -0.403. The standard InChI is InChI=1S/C15H17N3O3/c1-16-11-13-10-14(18(19)20)2-3-15(13)21-9-6-12-4-7-17-8-5-12/h2-5,7-8,10,16H,6,9,11H2,1H3. The van der Waals surface area contributed by atoms with E-state index in [4.69, 9.17) is 4.74 Å². The number of hydrogen-bond donors (Lipinski definition) is 1. The lowest BCUT2D eigenvalue weighted by atomic mass is 10.1. The number of nitrogens with zero attached hydrogens (tertiary/aromatic N) is 2. The van der Waals surface area contributed by atoms with Crippen LogP contribution >= 0.6 is 0 Å². The molecule has 6 heteroatoms. The first-order valence-electron chi connectivity index (χ1n) is 6.64. The van der Waals surface area contributed by atoms with E-state index in [1.807, 2.05) is 12.1 Å². The summed E-state index contributed by atoms with van der Waals surface area (Å²) in [7, 11) is 1.79. The smallest absolute Gasteiger partial charge is 0.270 e. The SMILES string of the molecule is CNCc1cc([N+](=O)[O-])ccc1OCCc1ccncc1. The molecule has 1 aromatic carbocycles. The first-order chi connectivity index (χ1) is 10.2. The van der Waals surface area contributed by atoms with E-state index in [1.54, 1.807) is 25.5 Å². The first kappa shape index (κ1) is 14.9. The number of nitro benzene ring substituents is 1. The van der Waals surface area contributed by atoms with E-state index in [2.05, 4.69) is 10.3 Å². The summed E-state index contributed by atoms with van der Waals surface area (Å²) in [6.07, 6.45) is 4.25. The number of ether oxygens (including phenoxy) is 1. The molecule has 0 aliphatic heterocycles. The molecule has 0 spiro atoms. The molecular weight excluding hydrogens is 270 g/mol. The fraction of sp³-hybridized carbons (Fsp3) is 0.267. The van der Waals surface area contributed by atoms with Gasteiger partial charge in [-0.25, -0.2) is 0 Å². The van der Waals surface area contributed by atoms with Crippen LogP contribution in [-0.4, -0.2) is 23.6 Å².